The lowest BCUT2D eigenvalue weighted by atomic mass is 10.1. The zero-order valence-electron chi connectivity index (χ0n) is 11.1. The molecule has 0 radical (unpaired) electrons. The molecule has 3 nitrogen and oxygen atoms in total. The number of aliphatic hydroxyl groups is 1. The van der Waals surface area contributed by atoms with Gasteiger partial charge in [-0.15, -0.1) is 0 Å². The van der Waals surface area contributed by atoms with Crippen molar-refractivity contribution >= 4 is 0 Å². The standard InChI is InChI=1S/C16H19NO2/c1-12-10-13(11-17)6-7-15(12)19-16-5-3-2-4-14(16)8-9-18/h2-7,10,18H,8-9,11,17H2,1H3. The van der Waals surface area contributed by atoms with Gasteiger partial charge in [-0.25, -0.2) is 0 Å². The maximum absolute atomic E-state index is 9.06. The third-order valence-corrected chi connectivity index (χ3v) is 3.05. The van der Waals surface area contributed by atoms with Gasteiger partial charge in [0.2, 0.25) is 0 Å². The minimum atomic E-state index is 0.117. The fourth-order valence-corrected chi connectivity index (χ4v) is 2.00. The highest BCUT2D eigenvalue weighted by molar-refractivity contribution is 5.42. The summed E-state index contributed by atoms with van der Waals surface area (Å²) < 4.78 is 5.94. The van der Waals surface area contributed by atoms with Crippen molar-refractivity contribution in [3.05, 3.63) is 59.2 Å². The zero-order chi connectivity index (χ0) is 13.7. The molecule has 0 saturated heterocycles. The van der Waals surface area contributed by atoms with E-state index in [4.69, 9.17) is 15.6 Å². The van der Waals surface area contributed by atoms with Crippen LogP contribution in [0.15, 0.2) is 42.5 Å². The van der Waals surface area contributed by atoms with Gasteiger partial charge in [0.1, 0.15) is 11.5 Å². The maximum Gasteiger partial charge on any atom is 0.130 e. The molecule has 0 amide bonds. The number of hydrogen-bond donors (Lipinski definition) is 2. The molecule has 0 aliphatic rings. The molecule has 19 heavy (non-hydrogen) atoms. The van der Waals surface area contributed by atoms with Crippen molar-refractivity contribution in [3.8, 4) is 11.5 Å². The summed E-state index contributed by atoms with van der Waals surface area (Å²) in [5, 5.41) is 9.06. The first kappa shape index (κ1) is 13.6. The zero-order valence-corrected chi connectivity index (χ0v) is 11.1. The van der Waals surface area contributed by atoms with E-state index in [1.165, 1.54) is 0 Å². The van der Waals surface area contributed by atoms with E-state index >= 15 is 0 Å². The van der Waals surface area contributed by atoms with Gasteiger partial charge in [0.15, 0.2) is 0 Å². The van der Waals surface area contributed by atoms with Gasteiger partial charge >= 0.3 is 0 Å². The van der Waals surface area contributed by atoms with E-state index in [0.29, 0.717) is 13.0 Å². The Morgan fingerprint density at radius 3 is 2.58 bits per heavy atom. The SMILES string of the molecule is Cc1cc(CN)ccc1Oc1ccccc1CCO. The number of para-hydroxylation sites is 1. The van der Waals surface area contributed by atoms with Gasteiger partial charge in [-0.3, -0.25) is 0 Å². The van der Waals surface area contributed by atoms with Crippen LogP contribution in [-0.4, -0.2) is 11.7 Å². The number of aliphatic hydroxyl groups excluding tert-OH is 1. The Morgan fingerprint density at radius 1 is 1.11 bits per heavy atom. The second kappa shape index (κ2) is 6.36. The van der Waals surface area contributed by atoms with Crippen LogP contribution in [0.2, 0.25) is 0 Å². The number of rotatable bonds is 5. The van der Waals surface area contributed by atoms with Crippen LogP contribution in [0.1, 0.15) is 16.7 Å². The lowest BCUT2D eigenvalue weighted by Gasteiger charge is -2.13. The number of ether oxygens (including phenoxy) is 1. The van der Waals surface area contributed by atoms with Gasteiger partial charge in [0.05, 0.1) is 0 Å². The van der Waals surface area contributed by atoms with Gasteiger partial charge in [-0.1, -0.05) is 30.3 Å². The Morgan fingerprint density at radius 2 is 1.89 bits per heavy atom. The van der Waals surface area contributed by atoms with Gasteiger partial charge in [0, 0.05) is 13.2 Å². The van der Waals surface area contributed by atoms with E-state index in [-0.39, 0.29) is 6.61 Å². The molecule has 0 atom stereocenters. The molecule has 3 N–H and O–H groups in total. The van der Waals surface area contributed by atoms with Crippen LogP contribution in [-0.2, 0) is 13.0 Å². The predicted octanol–water partition coefficient (Wildman–Crippen LogP) is 2.78. The molecule has 0 heterocycles. The minimum absolute atomic E-state index is 0.117. The maximum atomic E-state index is 9.06. The Labute approximate surface area is 113 Å². The van der Waals surface area contributed by atoms with Crippen LogP contribution < -0.4 is 10.5 Å². The molecule has 0 aliphatic carbocycles. The largest absolute Gasteiger partial charge is 0.457 e. The highest BCUT2D eigenvalue weighted by Crippen LogP contribution is 2.28. The fourth-order valence-electron chi connectivity index (χ4n) is 2.00. The molecule has 100 valence electrons. The van der Waals surface area contributed by atoms with E-state index in [2.05, 4.69) is 0 Å². The minimum Gasteiger partial charge on any atom is -0.457 e. The highest BCUT2D eigenvalue weighted by Gasteiger charge is 2.06. The highest BCUT2D eigenvalue weighted by atomic mass is 16.5. The van der Waals surface area contributed by atoms with Crippen molar-refractivity contribution in [2.24, 2.45) is 5.73 Å². The number of nitrogens with two attached hydrogens (primary N) is 1. The molecule has 2 aromatic carbocycles. The first-order valence-electron chi connectivity index (χ1n) is 6.41. The number of aryl methyl sites for hydroxylation is 1. The molecule has 0 fully saturated rings. The summed E-state index contributed by atoms with van der Waals surface area (Å²) in [6.07, 6.45) is 0.593. The molecule has 0 spiro atoms. The fraction of sp³-hybridized carbons (Fsp3) is 0.250. The molecular weight excluding hydrogens is 238 g/mol. The second-order valence-corrected chi connectivity index (χ2v) is 4.49. The van der Waals surface area contributed by atoms with E-state index in [0.717, 1.165) is 28.2 Å². The molecule has 2 rings (SSSR count). The summed E-state index contributed by atoms with van der Waals surface area (Å²) in [7, 11) is 0. The van der Waals surface area contributed by atoms with Crippen LogP contribution in [0.4, 0.5) is 0 Å². The van der Waals surface area contributed by atoms with Crippen LogP contribution >= 0.6 is 0 Å². The van der Waals surface area contributed by atoms with Gasteiger partial charge in [0.25, 0.3) is 0 Å². The van der Waals surface area contributed by atoms with Crippen LogP contribution in [0.5, 0.6) is 11.5 Å². The molecule has 0 aliphatic heterocycles. The molecule has 2 aromatic rings. The van der Waals surface area contributed by atoms with Crippen LogP contribution in [0.25, 0.3) is 0 Å². The quantitative estimate of drug-likeness (QED) is 0.866. The lowest BCUT2D eigenvalue weighted by Crippen LogP contribution is -1.99. The Kier molecular flexibility index (Phi) is 4.55. The van der Waals surface area contributed by atoms with Crippen LogP contribution in [0, 0.1) is 6.92 Å². The normalized spacial score (nSPS) is 10.5. The van der Waals surface area contributed by atoms with E-state index < -0.39 is 0 Å². The molecule has 3 heteroatoms. The van der Waals surface area contributed by atoms with Crippen molar-refractivity contribution in [2.45, 2.75) is 19.9 Å². The average Bonchev–Trinajstić information content (AvgIpc) is 2.43. The summed E-state index contributed by atoms with van der Waals surface area (Å²) in [6, 6.07) is 13.7. The first-order chi connectivity index (χ1) is 9.24. The van der Waals surface area contributed by atoms with Crippen molar-refractivity contribution in [1.82, 2.24) is 0 Å². The van der Waals surface area contributed by atoms with Crippen LogP contribution in [0.3, 0.4) is 0 Å². The predicted molar refractivity (Wildman–Crippen MR) is 76.4 cm³/mol. The van der Waals surface area contributed by atoms with E-state index in [1.54, 1.807) is 0 Å². The summed E-state index contributed by atoms with van der Waals surface area (Å²) in [6.45, 7) is 2.65. The second-order valence-electron chi connectivity index (χ2n) is 4.49. The third kappa shape index (κ3) is 3.34. The monoisotopic (exact) mass is 257 g/mol. The Balaban J connectivity index is 2.26. The lowest BCUT2D eigenvalue weighted by molar-refractivity contribution is 0.298. The summed E-state index contributed by atoms with van der Waals surface area (Å²) in [5.41, 5.74) is 8.77. The molecule has 0 unspecified atom stereocenters. The Hall–Kier alpha value is -1.84. The summed E-state index contributed by atoms with van der Waals surface area (Å²) in [5.74, 6) is 1.61. The smallest absolute Gasteiger partial charge is 0.130 e. The topological polar surface area (TPSA) is 55.5 Å². The molecule has 0 bridgehead atoms. The van der Waals surface area contributed by atoms with Crippen molar-refractivity contribution in [2.75, 3.05) is 6.61 Å². The molecule has 0 saturated carbocycles. The van der Waals surface area contributed by atoms with Gasteiger partial charge < -0.3 is 15.6 Å². The van der Waals surface area contributed by atoms with Gasteiger partial charge in [-0.2, -0.15) is 0 Å². The van der Waals surface area contributed by atoms with Crippen molar-refractivity contribution in [3.63, 3.8) is 0 Å². The Bertz CT molecular complexity index is 552. The van der Waals surface area contributed by atoms with E-state index in [1.807, 2.05) is 49.4 Å². The molecular formula is C16H19NO2. The first-order valence-corrected chi connectivity index (χ1v) is 6.41. The summed E-state index contributed by atoms with van der Waals surface area (Å²) >= 11 is 0. The third-order valence-electron chi connectivity index (χ3n) is 3.05. The number of hydrogen-bond acceptors (Lipinski definition) is 3. The van der Waals surface area contributed by atoms with Crippen molar-refractivity contribution < 1.29 is 9.84 Å². The van der Waals surface area contributed by atoms with Gasteiger partial charge in [-0.05, 0) is 42.2 Å². The average molecular weight is 257 g/mol. The number of benzene rings is 2. The summed E-state index contributed by atoms with van der Waals surface area (Å²) in [4.78, 5) is 0. The van der Waals surface area contributed by atoms with Crippen molar-refractivity contribution in [1.29, 1.82) is 0 Å². The molecule has 0 aromatic heterocycles. The van der Waals surface area contributed by atoms with E-state index in [9.17, 15) is 0 Å².